The molecule has 0 saturated carbocycles. The van der Waals surface area contributed by atoms with Crippen LogP contribution in [0.25, 0.3) is 0 Å². The van der Waals surface area contributed by atoms with Crippen LogP contribution >= 0.6 is 15.9 Å². The smallest absolute Gasteiger partial charge is 0.238 e. The maximum atomic E-state index is 11.7. The zero-order valence-electron chi connectivity index (χ0n) is 10.9. The van der Waals surface area contributed by atoms with Gasteiger partial charge >= 0.3 is 0 Å². The van der Waals surface area contributed by atoms with Crippen LogP contribution < -0.4 is 10.6 Å². The van der Waals surface area contributed by atoms with Gasteiger partial charge in [0.1, 0.15) is 0 Å². The summed E-state index contributed by atoms with van der Waals surface area (Å²) in [5.41, 5.74) is 0.739. The van der Waals surface area contributed by atoms with Gasteiger partial charge in [0.15, 0.2) is 9.84 Å². The van der Waals surface area contributed by atoms with Crippen molar-refractivity contribution in [1.29, 1.82) is 0 Å². The molecular formula is C13H17BrN2O3S. The molecule has 0 spiro atoms. The van der Waals surface area contributed by atoms with E-state index in [4.69, 9.17) is 0 Å². The normalized spacial score (nSPS) is 20.8. The van der Waals surface area contributed by atoms with E-state index in [2.05, 4.69) is 26.6 Å². The number of halogens is 1. The Morgan fingerprint density at radius 3 is 2.60 bits per heavy atom. The molecule has 1 fully saturated rings. The fraction of sp³-hybridized carbons (Fsp3) is 0.462. The van der Waals surface area contributed by atoms with Crippen molar-refractivity contribution in [3.63, 3.8) is 0 Å². The van der Waals surface area contributed by atoms with Crippen molar-refractivity contribution in [2.24, 2.45) is 5.92 Å². The summed E-state index contributed by atoms with van der Waals surface area (Å²) in [6.45, 7) is 0.750. The van der Waals surface area contributed by atoms with Crippen molar-refractivity contribution in [2.75, 3.05) is 29.9 Å². The van der Waals surface area contributed by atoms with Crippen molar-refractivity contribution >= 4 is 37.4 Å². The van der Waals surface area contributed by atoms with Crippen LogP contribution in [0.4, 0.5) is 5.69 Å². The first kappa shape index (κ1) is 15.5. The third kappa shape index (κ3) is 4.88. The lowest BCUT2D eigenvalue weighted by Gasteiger charge is -2.10. The highest BCUT2D eigenvalue weighted by Gasteiger charge is 2.27. The van der Waals surface area contributed by atoms with Gasteiger partial charge in [-0.3, -0.25) is 4.79 Å². The van der Waals surface area contributed by atoms with E-state index < -0.39 is 9.84 Å². The first-order valence-corrected chi connectivity index (χ1v) is 9.02. The molecule has 1 aliphatic heterocycles. The topological polar surface area (TPSA) is 75.3 Å². The summed E-state index contributed by atoms with van der Waals surface area (Å²) in [5, 5.41) is 5.78. The number of rotatable bonds is 5. The summed E-state index contributed by atoms with van der Waals surface area (Å²) >= 11 is 3.33. The number of sulfone groups is 1. The number of carbonyl (C=O) groups excluding carboxylic acids is 1. The highest BCUT2D eigenvalue weighted by molar-refractivity contribution is 9.10. The molecule has 2 rings (SSSR count). The second-order valence-corrected chi connectivity index (χ2v) is 8.10. The van der Waals surface area contributed by atoms with Gasteiger partial charge in [0.25, 0.3) is 0 Å². The van der Waals surface area contributed by atoms with E-state index >= 15 is 0 Å². The van der Waals surface area contributed by atoms with Gasteiger partial charge in [0, 0.05) is 10.2 Å². The molecule has 1 saturated heterocycles. The molecule has 1 aromatic rings. The maximum Gasteiger partial charge on any atom is 0.238 e. The Balaban J connectivity index is 1.69. The second kappa shape index (κ2) is 6.69. The van der Waals surface area contributed by atoms with Gasteiger partial charge in [0.2, 0.25) is 5.91 Å². The summed E-state index contributed by atoms with van der Waals surface area (Å²) < 4.78 is 23.5. The standard InChI is InChI=1S/C13H17BrN2O3S/c14-11-1-3-12(4-2-11)16-13(17)8-15-7-10-5-6-20(18,19)9-10/h1-4,10,15H,5-9H2,(H,16,17). The van der Waals surface area contributed by atoms with Crippen LogP contribution in [0.2, 0.25) is 0 Å². The first-order chi connectivity index (χ1) is 9.44. The molecule has 1 aliphatic rings. The monoisotopic (exact) mass is 360 g/mol. The van der Waals surface area contributed by atoms with Gasteiger partial charge < -0.3 is 10.6 Å². The minimum atomic E-state index is -2.84. The van der Waals surface area contributed by atoms with Crippen molar-refractivity contribution in [2.45, 2.75) is 6.42 Å². The third-order valence-electron chi connectivity index (χ3n) is 3.17. The Morgan fingerprint density at radius 2 is 2.00 bits per heavy atom. The zero-order chi connectivity index (χ0) is 14.6. The molecule has 0 aliphatic carbocycles. The van der Waals surface area contributed by atoms with Gasteiger partial charge in [-0.1, -0.05) is 15.9 Å². The van der Waals surface area contributed by atoms with E-state index in [-0.39, 0.29) is 29.9 Å². The fourth-order valence-electron chi connectivity index (χ4n) is 2.16. The molecule has 1 amide bonds. The zero-order valence-corrected chi connectivity index (χ0v) is 13.3. The average Bonchev–Trinajstić information content (AvgIpc) is 2.72. The van der Waals surface area contributed by atoms with Crippen LogP contribution in [0.1, 0.15) is 6.42 Å². The number of benzene rings is 1. The minimum absolute atomic E-state index is 0.125. The second-order valence-electron chi connectivity index (χ2n) is 4.96. The number of nitrogens with one attached hydrogen (secondary N) is 2. The summed E-state index contributed by atoms with van der Waals surface area (Å²) in [6.07, 6.45) is 0.684. The Morgan fingerprint density at radius 1 is 1.30 bits per heavy atom. The molecular weight excluding hydrogens is 344 g/mol. The molecule has 7 heteroatoms. The lowest BCUT2D eigenvalue weighted by molar-refractivity contribution is -0.115. The highest BCUT2D eigenvalue weighted by atomic mass is 79.9. The minimum Gasteiger partial charge on any atom is -0.325 e. The number of anilines is 1. The van der Waals surface area contributed by atoms with E-state index in [0.29, 0.717) is 13.0 Å². The number of hydrogen-bond donors (Lipinski definition) is 2. The quantitative estimate of drug-likeness (QED) is 0.832. The molecule has 1 aromatic carbocycles. The number of hydrogen-bond acceptors (Lipinski definition) is 4. The summed E-state index contributed by atoms with van der Waals surface area (Å²) in [7, 11) is -2.84. The molecule has 0 radical (unpaired) electrons. The fourth-order valence-corrected chi connectivity index (χ4v) is 4.29. The number of carbonyl (C=O) groups is 1. The molecule has 0 bridgehead atoms. The molecule has 20 heavy (non-hydrogen) atoms. The molecule has 110 valence electrons. The van der Waals surface area contributed by atoms with Crippen LogP contribution in [-0.4, -0.2) is 38.9 Å². The van der Waals surface area contributed by atoms with Gasteiger partial charge in [-0.2, -0.15) is 0 Å². The predicted octanol–water partition coefficient (Wildman–Crippen LogP) is 1.41. The van der Waals surface area contributed by atoms with Crippen molar-refractivity contribution in [1.82, 2.24) is 5.32 Å². The molecule has 1 atom stereocenters. The molecule has 0 aromatic heterocycles. The summed E-state index contributed by atoms with van der Waals surface area (Å²) in [6, 6.07) is 7.33. The van der Waals surface area contributed by atoms with E-state index in [9.17, 15) is 13.2 Å². The van der Waals surface area contributed by atoms with Gasteiger partial charge in [-0.05, 0) is 43.1 Å². The van der Waals surface area contributed by atoms with Gasteiger partial charge in [-0.25, -0.2) is 8.42 Å². The van der Waals surface area contributed by atoms with Crippen LogP contribution in [0.3, 0.4) is 0 Å². The van der Waals surface area contributed by atoms with Crippen LogP contribution in [0.5, 0.6) is 0 Å². The van der Waals surface area contributed by atoms with Gasteiger partial charge in [-0.15, -0.1) is 0 Å². The van der Waals surface area contributed by atoms with Crippen molar-refractivity contribution in [3.05, 3.63) is 28.7 Å². The number of amides is 1. The lowest BCUT2D eigenvalue weighted by Crippen LogP contribution is -2.32. The molecule has 1 heterocycles. The van der Waals surface area contributed by atoms with E-state index in [1.807, 2.05) is 24.3 Å². The molecule has 1 unspecified atom stereocenters. The van der Waals surface area contributed by atoms with Gasteiger partial charge in [0.05, 0.1) is 18.1 Å². The summed E-state index contributed by atoms with van der Waals surface area (Å²) in [5.74, 6) is 0.493. The lowest BCUT2D eigenvalue weighted by atomic mass is 10.1. The van der Waals surface area contributed by atoms with Crippen molar-refractivity contribution < 1.29 is 13.2 Å². The first-order valence-electron chi connectivity index (χ1n) is 6.41. The molecule has 5 nitrogen and oxygen atoms in total. The molecule has 2 N–H and O–H groups in total. The van der Waals surface area contributed by atoms with Crippen LogP contribution in [0, 0.1) is 5.92 Å². The Kier molecular flexibility index (Phi) is 5.17. The largest absolute Gasteiger partial charge is 0.325 e. The van der Waals surface area contributed by atoms with E-state index in [1.54, 1.807) is 0 Å². The highest BCUT2D eigenvalue weighted by Crippen LogP contribution is 2.17. The Hall–Kier alpha value is -0.920. The Bertz CT molecular complexity index is 572. The SMILES string of the molecule is O=C(CNCC1CCS(=O)(=O)C1)Nc1ccc(Br)cc1. The van der Waals surface area contributed by atoms with Crippen molar-refractivity contribution in [3.8, 4) is 0 Å². The van der Waals surface area contributed by atoms with Crippen LogP contribution in [-0.2, 0) is 14.6 Å². The Labute approximate surface area is 127 Å². The summed E-state index contributed by atoms with van der Waals surface area (Å²) in [4.78, 5) is 11.7. The van der Waals surface area contributed by atoms with E-state index in [1.165, 1.54) is 0 Å². The maximum absolute atomic E-state index is 11.7. The average molecular weight is 361 g/mol. The third-order valence-corrected chi connectivity index (χ3v) is 5.54. The van der Waals surface area contributed by atoms with E-state index in [0.717, 1.165) is 10.2 Å². The predicted molar refractivity (Wildman–Crippen MR) is 82.4 cm³/mol. The van der Waals surface area contributed by atoms with Crippen LogP contribution in [0.15, 0.2) is 28.7 Å².